The van der Waals surface area contributed by atoms with Gasteiger partial charge in [-0.25, -0.2) is 0 Å². The van der Waals surface area contributed by atoms with Crippen molar-refractivity contribution in [2.75, 3.05) is 6.61 Å². The van der Waals surface area contributed by atoms with Crippen molar-refractivity contribution in [3.63, 3.8) is 0 Å². The van der Waals surface area contributed by atoms with Gasteiger partial charge in [-0.1, -0.05) is 30.3 Å². The van der Waals surface area contributed by atoms with Crippen LogP contribution in [0.4, 0.5) is 0 Å². The minimum absolute atomic E-state index is 0.0900. The van der Waals surface area contributed by atoms with E-state index in [1.54, 1.807) is 18.2 Å². The van der Waals surface area contributed by atoms with Crippen molar-refractivity contribution in [1.29, 1.82) is 0 Å². The van der Waals surface area contributed by atoms with Crippen molar-refractivity contribution < 1.29 is 15.0 Å². The topological polar surface area (TPSA) is 57.5 Å². The number of phenols is 1. The highest BCUT2D eigenvalue weighted by atomic mass is 16.3. The second kappa shape index (κ2) is 3.71. The molecule has 0 aliphatic rings. The predicted octanol–water partition coefficient (Wildman–Crippen LogP) is 1.72. The van der Waals surface area contributed by atoms with Crippen LogP contribution in [0.3, 0.4) is 0 Å². The van der Waals surface area contributed by atoms with Crippen molar-refractivity contribution in [3.8, 4) is 5.75 Å². The number of carbonyl (C=O) groups excluding carboxylic acids is 1. The van der Waals surface area contributed by atoms with Crippen LogP contribution in [-0.2, 0) is 0 Å². The van der Waals surface area contributed by atoms with Crippen LogP contribution < -0.4 is 0 Å². The number of carbonyl (C=O) groups is 1. The van der Waals surface area contributed by atoms with Crippen LogP contribution in [0.1, 0.15) is 10.4 Å². The van der Waals surface area contributed by atoms with E-state index in [1.165, 1.54) is 6.07 Å². The minimum atomic E-state index is -0.596. The summed E-state index contributed by atoms with van der Waals surface area (Å²) in [5, 5.41) is 19.9. The number of aliphatic hydroxyl groups is 1. The number of fused-ring (bicyclic) bond motifs is 1. The Morgan fingerprint density at radius 3 is 2.60 bits per heavy atom. The number of benzene rings is 2. The second-order valence-corrected chi connectivity index (χ2v) is 3.26. The fourth-order valence-corrected chi connectivity index (χ4v) is 1.63. The molecule has 0 amide bonds. The van der Waals surface area contributed by atoms with Gasteiger partial charge in [0.2, 0.25) is 0 Å². The zero-order valence-corrected chi connectivity index (χ0v) is 7.97. The summed E-state index contributed by atoms with van der Waals surface area (Å²) >= 11 is 0. The summed E-state index contributed by atoms with van der Waals surface area (Å²) in [6, 6.07) is 10.4. The fourth-order valence-electron chi connectivity index (χ4n) is 1.63. The summed E-state index contributed by atoms with van der Waals surface area (Å²) in [5.74, 6) is -0.558. The van der Waals surface area contributed by atoms with Crippen LogP contribution in [0, 0.1) is 0 Å². The van der Waals surface area contributed by atoms with Gasteiger partial charge < -0.3 is 10.2 Å². The molecule has 0 saturated carbocycles. The molecule has 0 spiro atoms. The first-order chi connectivity index (χ1) is 7.24. The van der Waals surface area contributed by atoms with Gasteiger partial charge in [0.15, 0.2) is 5.78 Å². The normalized spacial score (nSPS) is 10.5. The molecule has 76 valence electrons. The molecule has 0 bridgehead atoms. The maximum absolute atomic E-state index is 11.4. The summed E-state index contributed by atoms with van der Waals surface area (Å²) in [4.78, 5) is 11.4. The summed E-state index contributed by atoms with van der Waals surface area (Å²) < 4.78 is 0. The molecule has 0 atom stereocenters. The molecule has 15 heavy (non-hydrogen) atoms. The highest BCUT2D eigenvalue weighted by Crippen LogP contribution is 2.27. The Morgan fingerprint density at radius 2 is 1.87 bits per heavy atom. The Bertz CT molecular complexity index is 517. The molecule has 0 aliphatic carbocycles. The minimum Gasteiger partial charge on any atom is -0.507 e. The smallest absolute Gasteiger partial charge is 0.192 e. The Kier molecular flexibility index (Phi) is 2.39. The van der Waals surface area contributed by atoms with Gasteiger partial charge in [0, 0.05) is 0 Å². The van der Waals surface area contributed by atoms with E-state index in [2.05, 4.69) is 0 Å². The first-order valence-corrected chi connectivity index (χ1v) is 4.59. The molecule has 2 rings (SSSR count). The third-order valence-electron chi connectivity index (χ3n) is 2.33. The zero-order valence-electron chi connectivity index (χ0n) is 7.97. The molecule has 0 saturated heterocycles. The number of hydrogen-bond acceptors (Lipinski definition) is 3. The highest BCUT2D eigenvalue weighted by molar-refractivity contribution is 6.10. The number of aromatic hydroxyl groups is 1. The quantitative estimate of drug-likeness (QED) is 0.729. The van der Waals surface area contributed by atoms with Gasteiger partial charge in [-0.2, -0.15) is 0 Å². The third-order valence-corrected chi connectivity index (χ3v) is 2.33. The van der Waals surface area contributed by atoms with E-state index in [0.29, 0.717) is 5.39 Å². The SMILES string of the molecule is O=C(CO)c1c(O)ccc2ccccc12. The second-order valence-electron chi connectivity index (χ2n) is 3.26. The van der Waals surface area contributed by atoms with Gasteiger partial charge >= 0.3 is 0 Å². The molecule has 3 heteroatoms. The van der Waals surface area contributed by atoms with E-state index < -0.39 is 12.4 Å². The third kappa shape index (κ3) is 1.57. The number of ketones is 1. The molecule has 2 N–H and O–H groups in total. The molecular weight excluding hydrogens is 192 g/mol. The van der Waals surface area contributed by atoms with E-state index in [9.17, 15) is 9.90 Å². The van der Waals surface area contributed by atoms with E-state index >= 15 is 0 Å². The number of hydrogen-bond donors (Lipinski definition) is 2. The summed E-state index contributed by atoms with van der Waals surface area (Å²) in [5.41, 5.74) is 0.190. The van der Waals surface area contributed by atoms with Crippen molar-refractivity contribution in [1.82, 2.24) is 0 Å². The molecule has 0 heterocycles. The number of rotatable bonds is 2. The van der Waals surface area contributed by atoms with Crippen molar-refractivity contribution in [3.05, 3.63) is 42.0 Å². The van der Waals surface area contributed by atoms with Crippen LogP contribution in [0.15, 0.2) is 36.4 Å². The van der Waals surface area contributed by atoms with Crippen molar-refractivity contribution in [2.45, 2.75) is 0 Å². The van der Waals surface area contributed by atoms with Gasteiger partial charge in [0.05, 0.1) is 5.56 Å². The van der Waals surface area contributed by atoms with E-state index in [-0.39, 0.29) is 11.3 Å². The number of aliphatic hydroxyl groups excluding tert-OH is 1. The van der Waals surface area contributed by atoms with Crippen LogP contribution in [-0.4, -0.2) is 22.6 Å². The van der Waals surface area contributed by atoms with E-state index in [0.717, 1.165) is 5.39 Å². The summed E-state index contributed by atoms with van der Waals surface area (Å²) in [6.45, 7) is -0.596. The van der Waals surface area contributed by atoms with Crippen molar-refractivity contribution >= 4 is 16.6 Å². The molecule has 3 nitrogen and oxygen atoms in total. The fraction of sp³-hybridized carbons (Fsp3) is 0.0833. The maximum Gasteiger partial charge on any atom is 0.192 e. The molecule has 0 aromatic heterocycles. The average molecular weight is 202 g/mol. The molecule has 0 radical (unpaired) electrons. The maximum atomic E-state index is 11.4. The number of Topliss-reactive ketones (excluding diaryl/α,β-unsaturated/α-hetero) is 1. The largest absolute Gasteiger partial charge is 0.507 e. The Balaban J connectivity index is 2.79. The van der Waals surface area contributed by atoms with Crippen LogP contribution >= 0.6 is 0 Å². The van der Waals surface area contributed by atoms with E-state index in [1.807, 2.05) is 12.1 Å². The van der Waals surface area contributed by atoms with Gasteiger partial charge in [-0.15, -0.1) is 0 Å². The summed E-state index contributed by atoms with van der Waals surface area (Å²) in [7, 11) is 0. The average Bonchev–Trinajstić information content (AvgIpc) is 2.28. The standard InChI is InChI=1S/C12H10O3/c13-7-11(15)12-9-4-2-1-3-8(9)5-6-10(12)14/h1-6,13-14H,7H2. The number of phenolic OH excluding ortho intramolecular Hbond substituents is 1. The van der Waals surface area contributed by atoms with Crippen LogP contribution in [0.2, 0.25) is 0 Å². The lowest BCUT2D eigenvalue weighted by atomic mass is 10.0. The van der Waals surface area contributed by atoms with E-state index in [4.69, 9.17) is 5.11 Å². The van der Waals surface area contributed by atoms with Gasteiger partial charge in [0.1, 0.15) is 12.4 Å². The van der Waals surface area contributed by atoms with Gasteiger partial charge in [-0.3, -0.25) is 4.79 Å². The van der Waals surface area contributed by atoms with Crippen LogP contribution in [0.25, 0.3) is 10.8 Å². The molecule has 2 aromatic rings. The molecule has 0 unspecified atom stereocenters. The zero-order chi connectivity index (χ0) is 10.8. The molecule has 0 fully saturated rings. The lowest BCUT2D eigenvalue weighted by Gasteiger charge is -2.06. The molecule has 2 aromatic carbocycles. The Labute approximate surface area is 86.6 Å². The lowest BCUT2D eigenvalue weighted by Crippen LogP contribution is -2.05. The van der Waals surface area contributed by atoms with Crippen molar-refractivity contribution in [2.24, 2.45) is 0 Å². The first-order valence-electron chi connectivity index (χ1n) is 4.59. The van der Waals surface area contributed by atoms with Gasteiger partial charge in [0.25, 0.3) is 0 Å². The summed E-state index contributed by atoms with van der Waals surface area (Å²) in [6.07, 6.45) is 0. The highest BCUT2D eigenvalue weighted by Gasteiger charge is 2.13. The van der Waals surface area contributed by atoms with Gasteiger partial charge in [-0.05, 0) is 16.8 Å². The lowest BCUT2D eigenvalue weighted by molar-refractivity contribution is 0.0903. The first kappa shape index (κ1) is 9.68. The predicted molar refractivity (Wildman–Crippen MR) is 57.0 cm³/mol. The Morgan fingerprint density at radius 1 is 1.13 bits per heavy atom. The van der Waals surface area contributed by atoms with Crippen LogP contribution in [0.5, 0.6) is 5.75 Å². The molecular formula is C12H10O3. The Hall–Kier alpha value is -1.87. The molecule has 0 aliphatic heterocycles. The monoisotopic (exact) mass is 202 g/mol.